The number of aliphatic hydroxyl groups excluding tert-OH is 1. The molecule has 83 heavy (non-hydrogen) atoms. The fourth-order valence-corrected chi connectivity index (χ4v) is 9.16. The van der Waals surface area contributed by atoms with Crippen molar-refractivity contribution in [3.63, 3.8) is 0 Å². The zero-order chi connectivity index (χ0) is 59.7. The summed E-state index contributed by atoms with van der Waals surface area (Å²) in [5.41, 5.74) is 6.13. The average Bonchev–Trinajstić information content (AvgIpc) is 2.86. The number of rotatable bonds is 16. The lowest BCUT2D eigenvalue weighted by Crippen LogP contribution is -2.60. The number of nitrogens with zero attached hydrogens (tertiary/aromatic N) is 4. The van der Waals surface area contributed by atoms with Crippen LogP contribution in [0.25, 0.3) is 0 Å². The second-order valence-corrected chi connectivity index (χ2v) is 18.0. The zero-order valence-corrected chi connectivity index (χ0v) is 48.2. The van der Waals surface area contributed by atoms with E-state index < -0.39 is 36.5 Å². The minimum absolute atomic E-state index is 0. The van der Waals surface area contributed by atoms with Crippen molar-refractivity contribution >= 4 is 71.4 Å². The second kappa shape index (κ2) is 33.9. The molecule has 0 aromatic heterocycles. The summed E-state index contributed by atoms with van der Waals surface area (Å²) in [6.45, 7) is 8.15. The second-order valence-electron chi connectivity index (χ2n) is 17.2. The highest BCUT2D eigenvalue weighted by Crippen LogP contribution is 2.44. The summed E-state index contributed by atoms with van der Waals surface area (Å²) in [4.78, 5) is 81.2. The molecule has 20 heteroatoms. The number of cyclic esters (lactones) is 1. The Morgan fingerprint density at radius 3 is 1.51 bits per heavy atom. The molecule has 0 aliphatic carbocycles. The Morgan fingerprint density at radius 1 is 0.602 bits per heavy atom. The summed E-state index contributed by atoms with van der Waals surface area (Å²) in [7, 11) is 7.95. The largest absolute Gasteiger partial charge is 0.497 e. The van der Waals surface area contributed by atoms with Gasteiger partial charge in [0, 0.05) is 50.6 Å². The number of carbonyl (C=O) groups excluding carboxylic acids is 6. The van der Waals surface area contributed by atoms with Gasteiger partial charge in [0.15, 0.2) is 12.2 Å². The van der Waals surface area contributed by atoms with E-state index in [1.807, 2.05) is 86.0 Å². The van der Waals surface area contributed by atoms with Crippen LogP contribution in [0.3, 0.4) is 0 Å². The van der Waals surface area contributed by atoms with E-state index in [9.17, 15) is 28.8 Å². The van der Waals surface area contributed by atoms with Crippen LogP contribution in [-0.4, -0.2) is 131 Å². The van der Waals surface area contributed by atoms with Gasteiger partial charge in [0.2, 0.25) is 6.29 Å². The molecule has 3 aliphatic rings. The molecule has 2 amide bonds. The molecule has 1 N–H and O–H groups in total. The van der Waals surface area contributed by atoms with E-state index in [0.29, 0.717) is 58.0 Å². The van der Waals surface area contributed by atoms with Crippen LogP contribution in [0.15, 0.2) is 156 Å². The minimum atomic E-state index is -1.07. The van der Waals surface area contributed by atoms with Gasteiger partial charge in [-0.15, -0.1) is 0 Å². The number of hydrogen-bond donors (Lipinski definition) is 1. The van der Waals surface area contributed by atoms with Crippen LogP contribution < -0.4 is 14.4 Å². The maximum absolute atomic E-state index is 12.6. The van der Waals surface area contributed by atoms with Gasteiger partial charge in [0.25, 0.3) is 11.8 Å². The van der Waals surface area contributed by atoms with Gasteiger partial charge in [0.05, 0.1) is 68.0 Å². The molecule has 0 saturated carbocycles. The Balaban J connectivity index is 0.000000238. The number of methoxy groups -OCH3 is 4. The summed E-state index contributed by atoms with van der Waals surface area (Å²) < 4.78 is 42.3. The first-order chi connectivity index (χ1) is 39.7. The topological polar surface area (TPSA) is 228 Å². The number of β-lactam (4-membered cyclic amide) rings is 2. The average molecular weight is 1160 g/mol. The fraction of sp³-hybridized carbons (Fsp3) is 0.302. The maximum atomic E-state index is 12.6. The van der Waals surface area contributed by atoms with Crippen LogP contribution in [-0.2, 0) is 38.0 Å². The third kappa shape index (κ3) is 16.9. The van der Waals surface area contributed by atoms with Crippen molar-refractivity contribution in [2.75, 3.05) is 66.5 Å². The molecule has 3 aliphatic heterocycles. The number of fused-ring (bicyclic) bond motifs is 1. The third-order valence-corrected chi connectivity index (χ3v) is 13.3. The number of hydrogen-bond acceptors (Lipinski definition) is 18. The molecule has 6 aromatic rings. The highest BCUT2D eigenvalue weighted by Gasteiger charge is 2.51. The molecule has 1 unspecified atom stereocenters. The van der Waals surface area contributed by atoms with Crippen LogP contribution in [0.2, 0.25) is 0 Å². The van der Waals surface area contributed by atoms with Gasteiger partial charge in [-0.25, -0.2) is 19.2 Å². The van der Waals surface area contributed by atoms with Crippen LogP contribution in [0.5, 0.6) is 11.5 Å². The van der Waals surface area contributed by atoms with E-state index in [1.54, 1.807) is 136 Å². The van der Waals surface area contributed by atoms with Crippen molar-refractivity contribution in [1.82, 2.24) is 4.31 Å². The normalized spacial score (nSPS) is 17.1. The lowest BCUT2D eigenvalue weighted by atomic mass is 9.87. The first-order valence-corrected chi connectivity index (χ1v) is 27.1. The molecular formula is C63H72N4O15S. The van der Waals surface area contributed by atoms with Gasteiger partial charge < -0.3 is 48.0 Å². The monoisotopic (exact) mass is 1160 g/mol. The lowest BCUT2D eigenvalue weighted by molar-refractivity contribution is -0.158. The Morgan fingerprint density at radius 2 is 1.04 bits per heavy atom. The first kappa shape index (κ1) is 66.8. The Hall–Kier alpha value is -8.69. The molecule has 19 nitrogen and oxygen atoms in total. The highest BCUT2D eigenvalue weighted by molar-refractivity contribution is 7.96. The van der Waals surface area contributed by atoms with E-state index in [1.165, 1.54) is 26.2 Å². The number of ether oxygens (including phenoxy) is 8. The van der Waals surface area contributed by atoms with Gasteiger partial charge >= 0.3 is 23.9 Å². The molecular weight excluding hydrogens is 1080 g/mol. The summed E-state index contributed by atoms with van der Waals surface area (Å²) in [6, 6.07) is 42.2. The Labute approximate surface area is 489 Å². The van der Waals surface area contributed by atoms with E-state index in [0.717, 1.165) is 22.6 Å². The molecule has 440 valence electrons. The van der Waals surface area contributed by atoms with Gasteiger partial charge in [-0.2, -0.15) is 0 Å². The van der Waals surface area contributed by atoms with Gasteiger partial charge in [-0.3, -0.25) is 23.8 Å². The summed E-state index contributed by atoms with van der Waals surface area (Å²) >= 11 is 1.33. The smallest absolute Gasteiger partial charge is 0.341 e. The predicted octanol–water partition coefficient (Wildman–Crippen LogP) is 10.8. The van der Waals surface area contributed by atoms with Gasteiger partial charge in [-0.1, -0.05) is 92.2 Å². The van der Waals surface area contributed by atoms with Crippen molar-refractivity contribution < 1.29 is 71.8 Å². The van der Waals surface area contributed by atoms with E-state index >= 15 is 0 Å². The summed E-state index contributed by atoms with van der Waals surface area (Å²) in [5, 5.41) is 9.11. The molecule has 2 saturated heterocycles. The molecule has 9 rings (SSSR count). The number of amides is 2. The van der Waals surface area contributed by atoms with E-state index in [-0.39, 0.29) is 43.8 Å². The number of aliphatic imine (C=N–C) groups is 2. The van der Waals surface area contributed by atoms with Crippen molar-refractivity contribution in [3.8, 4) is 11.5 Å². The van der Waals surface area contributed by atoms with Crippen molar-refractivity contribution in [2.45, 2.75) is 65.7 Å². The Bertz CT molecular complexity index is 3140. The molecule has 0 spiro atoms. The molecule has 2 fully saturated rings. The molecule has 3 heterocycles. The predicted molar refractivity (Wildman–Crippen MR) is 319 cm³/mol. The van der Waals surface area contributed by atoms with Crippen molar-refractivity contribution in [1.29, 1.82) is 0 Å². The molecule has 5 atom stereocenters. The van der Waals surface area contributed by atoms with Gasteiger partial charge in [-0.05, 0) is 118 Å². The molecule has 0 radical (unpaired) electrons. The first-order valence-electron chi connectivity index (χ1n) is 25.9. The summed E-state index contributed by atoms with van der Waals surface area (Å²) in [6.07, 6.45) is 2.97. The fourth-order valence-electron chi connectivity index (χ4n) is 8.43. The third-order valence-electron chi connectivity index (χ3n) is 12.5. The summed E-state index contributed by atoms with van der Waals surface area (Å²) in [5.74, 6) is -0.327. The maximum Gasteiger partial charge on any atom is 0.341 e. The number of benzene rings is 6. The van der Waals surface area contributed by atoms with E-state index in [2.05, 4.69) is 14.7 Å². The lowest BCUT2D eigenvalue weighted by Gasteiger charge is -2.46. The number of aliphatic hydroxyl groups is 1. The van der Waals surface area contributed by atoms with Crippen LogP contribution >= 0.6 is 11.9 Å². The zero-order valence-electron chi connectivity index (χ0n) is 47.4. The van der Waals surface area contributed by atoms with Crippen LogP contribution in [0.1, 0.15) is 117 Å². The minimum Gasteiger partial charge on any atom is -0.497 e. The van der Waals surface area contributed by atoms with Crippen molar-refractivity contribution in [2.24, 2.45) is 9.98 Å². The van der Waals surface area contributed by atoms with Crippen LogP contribution in [0.4, 0.5) is 11.4 Å². The highest BCUT2D eigenvalue weighted by atomic mass is 32.2. The van der Waals surface area contributed by atoms with Crippen LogP contribution in [0, 0.1) is 0 Å². The SMILES string of the molecule is C.CC=NC.CCOC(=O)c1ccccc1C=Nc1ccc(OC)cc1.CCOC(=O)c1ccccc1[C@H]1[C@@H](OC)C(=O)N1SC.CCOC(=O)c1ccccc1[C@H]1[C@@H](OC)C(=O)N1c1ccc(OC)cc1.O=C1OC(O)c2ccccc21. The van der Waals surface area contributed by atoms with Gasteiger partial charge in [0.1, 0.15) is 17.5 Å². The van der Waals surface area contributed by atoms with E-state index in [4.69, 9.17) is 38.3 Å². The molecule has 6 aromatic carbocycles. The quantitative estimate of drug-likeness (QED) is 0.0312. The standard InChI is InChI=1S/C20H21NO5.C17H17NO3.C14H17NO4S.C8H6O3.C3H7N.CH4/c1-4-26-20(23)16-8-6-5-7-15(16)17-18(25-3)19(22)21(17)13-9-11-14(24-2)12-10-13;1-3-21-17(19)16-7-5-4-6-13(16)12-18-14-8-10-15(20-2)11-9-14;1-4-19-14(17)10-8-6-5-7-9(10)11-12(18-2)13(16)15(11)20-3;9-7-5-3-1-2-4-6(5)8(10)11-7;1-3-4-2;/h5-12,17-18H,4H2,1-3H3;4-12H,3H2,1-2H3;5-8,11-12H,4H2,1-3H3;1-4,7,9H;3H,1-2H3;1H4/t17-,18+;;11-,12+;;;/m0.0.../s1. The molecule has 0 bridgehead atoms. The number of esters is 4. The Kier molecular flexibility index (Phi) is 27.3. The number of anilines is 1. The van der Waals surface area contributed by atoms with Crippen molar-refractivity contribution in [3.05, 3.63) is 190 Å². The number of carbonyl (C=O) groups is 6.